The van der Waals surface area contributed by atoms with Crippen LogP contribution in [0.1, 0.15) is 5.82 Å². The lowest BCUT2D eigenvalue weighted by Crippen LogP contribution is -1.98. The molecule has 1 aromatic heterocycles. The number of halogens is 1. The summed E-state index contributed by atoms with van der Waals surface area (Å²) >= 11 is 5.87. The first-order valence-electron chi connectivity index (χ1n) is 4.70. The average molecular weight is 239 g/mol. The molecule has 0 aliphatic rings. The van der Waals surface area contributed by atoms with Gasteiger partial charge in [0.1, 0.15) is 11.6 Å². The van der Waals surface area contributed by atoms with Crippen LogP contribution in [0.25, 0.3) is 11.4 Å². The molecular weight excluding hydrogens is 228 g/mol. The van der Waals surface area contributed by atoms with Gasteiger partial charge >= 0.3 is 0 Å². The number of aromatic nitrogens is 3. The van der Waals surface area contributed by atoms with Crippen molar-refractivity contribution in [2.45, 2.75) is 6.54 Å². The molecule has 0 unspecified atom stereocenters. The third-order valence-electron chi connectivity index (χ3n) is 2.13. The van der Waals surface area contributed by atoms with E-state index in [1.54, 1.807) is 19.2 Å². The molecule has 5 nitrogen and oxygen atoms in total. The van der Waals surface area contributed by atoms with Gasteiger partial charge in [0.15, 0.2) is 5.82 Å². The van der Waals surface area contributed by atoms with Crippen LogP contribution in [0.4, 0.5) is 0 Å². The second-order valence-corrected chi connectivity index (χ2v) is 3.59. The molecule has 0 amide bonds. The first kappa shape index (κ1) is 10.9. The van der Waals surface area contributed by atoms with Gasteiger partial charge in [-0.1, -0.05) is 11.6 Å². The van der Waals surface area contributed by atoms with Crippen LogP contribution in [-0.2, 0) is 6.54 Å². The molecule has 2 aromatic rings. The summed E-state index contributed by atoms with van der Waals surface area (Å²) in [5.41, 5.74) is 6.23. The van der Waals surface area contributed by atoms with Crippen molar-refractivity contribution in [2.75, 3.05) is 7.11 Å². The maximum absolute atomic E-state index is 5.87. The van der Waals surface area contributed by atoms with Gasteiger partial charge in [0.2, 0.25) is 0 Å². The van der Waals surface area contributed by atoms with E-state index in [2.05, 4.69) is 15.2 Å². The van der Waals surface area contributed by atoms with Crippen LogP contribution in [0.5, 0.6) is 5.75 Å². The fourth-order valence-electron chi connectivity index (χ4n) is 1.36. The molecule has 0 aliphatic carbocycles. The molecule has 0 aliphatic heterocycles. The van der Waals surface area contributed by atoms with Crippen molar-refractivity contribution < 1.29 is 4.74 Å². The predicted octanol–water partition coefficient (Wildman–Crippen LogP) is 1.59. The number of hydrogen-bond donors (Lipinski definition) is 2. The van der Waals surface area contributed by atoms with E-state index < -0.39 is 0 Å². The third-order valence-corrected chi connectivity index (χ3v) is 2.36. The van der Waals surface area contributed by atoms with Crippen molar-refractivity contribution in [3.05, 3.63) is 29.0 Å². The van der Waals surface area contributed by atoms with E-state index in [1.165, 1.54) is 0 Å². The summed E-state index contributed by atoms with van der Waals surface area (Å²) in [6, 6.07) is 5.29. The lowest BCUT2D eigenvalue weighted by atomic mass is 10.2. The summed E-state index contributed by atoms with van der Waals surface area (Å²) < 4.78 is 5.21. The molecule has 3 N–H and O–H groups in total. The van der Waals surface area contributed by atoms with Gasteiger partial charge in [0.25, 0.3) is 0 Å². The monoisotopic (exact) mass is 238 g/mol. The zero-order valence-corrected chi connectivity index (χ0v) is 9.45. The van der Waals surface area contributed by atoms with Gasteiger partial charge < -0.3 is 10.5 Å². The van der Waals surface area contributed by atoms with Crippen molar-refractivity contribution in [2.24, 2.45) is 5.73 Å². The summed E-state index contributed by atoms with van der Waals surface area (Å²) in [7, 11) is 1.58. The second kappa shape index (κ2) is 4.51. The molecule has 84 valence electrons. The topological polar surface area (TPSA) is 76.8 Å². The minimum absolute atomic E-state index is 0.322. The van der Waals surface area contributed by atoms with E-state index in [4.69, 9.17) is 22.1 Å². The van der Waals surface area contributed by atoms with Crippen molar-refractivity contribution in [3.63, 3.8) is 0 Å². The van der Waals surface area contributed by atoms with E-state index in [9.17, 15) is 0 Å². The zero-order chi connectivity index (χ0) is 11.5. The molecule has 0 radical (unpaired) electrons. The Labute approximate surface area is 97.6 Å². The fourth-order valence-corrected chi connectivity index (χ4v) is 1.52. The van der Waals surface area contributed by atoms with E-state index in [1.807, 2.05) is 6.07 Å². The molecule has 1 heterocycles. The van der Waals surface area contributed by atoms with Crippen LogP contribution in [0, 0.1) is 0 Å². The Hall–Kier alpha value is -1.59. The highest BCUT2D eigenvalue weighted by atomic mass is 35.5. The Morgan fingerprint density at radius 1 is 1.50 bits per heavy atom. The largest absolute Gasteiger partial charge is 0.496 e. The highest BCUT2D eigenvalue weighted by Crippen LogP contribution is 2.29. The zero-order valence-electron chi connectivity index (χ0n) is 8.70. The summed E-state index contributed by atoms with van der Waals surface area (Å²) in [5.74, 6) is 1.82. The predicted molar refractivity (Wildman–Crippen MR) is 61.3 cm³/mol. The third kappa shape index (κ3) is 2.00. The molecule has 0 saturated carbocycles. The summed E-state index contributed by atoms with van der Waals surface area (Å²) in [6.07, 6.45) is 0. The Balaban J connectivity index is 2.46. The number of nitrogens with zero attached hydrogens (tertiary/aromatic N) is 2. The maximum Gasteiger partial charge on any atom is 0.184 e. The molecule has 0 bridgehead atoms. The number of nitrogens with one attached hydrogen (secondary N) is 1. The first-order valence-corrected chi connectivity index (χ1v) is 5.07. The summed E-state index contributed by atoms with van der Waals surface area (Å²) in [5, 5.41) is 7.41. The van der Waals surface area contributed by atoms with Crippen molar-refractivity contribution in [3.8, 4) is 17.1 Å². The Kier molecular flexibility index (Phi) is 3.07. The van der Waals surface area contributed by atoms with Crippen molar-refractivity contribution >= 4 is 11.6 Å². The summed E-state index contributed by atoms with van der Waals surface area (Å²) in [4.78, 5) is 4.22. The standard InChI is InChI=1S/C10H11ClN4O/c1-16-8-4-6(11)2-3-7(8)10-13-9(5-12)14-15-10/h2-4H,5,12H2,1H3,(H,13,14,15). The molecular formula is C10H11ClN4O. The minimum atomic E-state index is 0.322. The van der Waals surface area contributed by atoms with Crippen LogP contribution in [0.2, 0.25) is 5.02 Å². The van der Waals surface area contributed by atoms with Crippen LogP contribution in [0.3, 0.4) is 0 Å². The number of benzene rings is 1. The highest BCUT2D eigenvalue weighted by molar-refractivity contribution is 6.30. The second-order valence-electron chi connectivity index (χ2n) is 3.15. The number of methoxy groups -OCH3 is 1. The number of aromatic amines is 1. The number of hydrogen-bond acceptors (Lipinski definition) is 4. The fraction of sp³-hybridized carbons (Fsp3) is 0.200. The molecule has 0 atom stereocenters. The van der Waals surface area contributed by atoms with Gasteiger partial charge in [-0.3, -0.25) is 5.10 Å². The normalized spacial score (nSPS) is 10.4. The number of nitrogens with two attached hydrogens (primary N) is 1. The van der Waals surface area contributed by atoms with E-state index in [0.717, 1.165) is 5.56 Å². The molecule has 2 rings (SSSR count). The van der Waals surface area contributed by atoms with Crippen LogP contribution < -0.4 is 10.5 Å². The van der Waals surface area contributed by atoms with Gasteiger partial charge in [-0.2, -0.15) is 5.10 Å². The van der Waals surface area contributed by atoms with Gasteiger partial charge in [-0.15, -0.1) is 0 Å². The molecule has 16 heavy (non-hydrogen) atoms. The van der Waals surface area contributed by atoms with Crippen molar-refractivity contribution in [1.29, 1.82) is 0 Å². The quantitative estimate of drug-likeness (QED) is 0.852. The van der Waals surface area contributed by atoms with E-state index in [0.29, 0.717) is 29.0 Å². The molecule has 0 spiro atoms. The smallest absolute Gasteiger partial charge is 0.184 e. The van der Waals surface area contributed by atoms with Crippen LogP contribution in [-0.4, -0.2) is 22.3 Å². The SMILES string of the molecule is COc1cc(Cl)ccc1-c1n[nH]c(CN)n1. The van der Waals surface area contributed by atoms with Crippen LogP contribution in [0.15, 0.2) is 18.2 Å². The van der Waals surface area contributed by atoms with E-state index >= 15 is 0 Å². The van der Waals surface area contributed by atoms with Gasteiger partial charge in [-0.05, 0) is 18.2 Å². The van der Waals surface area contributed by atoms with Crippen molar-refractivity contribution in [1.82, 2.24) is 15.2 Å². The molecule has 0 fully saturated rings. The van der Waals surface area contributed by atoms with Gasteiger partial charge in [-0.25, -0.2) is 4.98 Å². The first-order chi connectivity index (χ1) is 7.74. The Morgan fingerprint density at radius 3 is 2.94 bits per heavy atom. The molecule has 6 heteroatoms. The highest BCUT2D eigenvalue weighted by Gasteiger charge is 2.11. The average Bonchev–Trinajstić information content (AvgIpc) is 2.77. The Bertz CT molecular complexity index is 497. The lowest BCUT2D eigenvalue weighted by molar-refractivity contribution is 0.416. The molecule has 0 saturated heterocycles. The number of H-pyrrole nitrogens is 1. The number of rotatable bonds is 3. The van der Waals surface area contributed by atoms with Gasteiger partial charge in [0.05, 0.1) is 19.2 Å². The Morgan fingerprint density at radius 2 is 2.31 bits per heavy atom. The van der Waals surface area contributed by atoms with Gasteiger partial charge in [0, 0.05) is 5.02 Å². The maximum atomic E-state index is 5.87. The lowest BCUT2D eigenvalue weighted by Gasteiger charge is -2.05. The summed E-state index contributed by atoms with van der Waals surface area (Å²) in [6.45, 7) is 0.322. The van der Waals surface area contributed by atoms with Crippen LogP contribution >= 0.6 is 11.6 Å². The minimum Gasteiger partial charge on any atom is -0.496 e. The number of ether oxygens (including phenoxy) is 1. The van der Waals surface area contributed by atoms with E-state index in [-0.39, 0.29) is 0 Å². The molecule has 1 aromatic carbocycles.